The summed E-state index contributed by atoms with van der Waals surface area (Å²) < 4.78 is 14.2. The quantitative estimate of drug-likeness (QED) is 0.117. The van der Waals surface area contributed by atoms with E-state index in [9.17, 15) is 9.59 Å². The van der Waals surface area contributed by atoms with E-state index in [2.05, 4.69) is 65.1 Å². The minimum Gasteiger partial charge on any atom is -0.485 e. The standard InChI is InChI=1S/C19H16BrClN2O2S.C17H12BrClN2O2S.CH3I/c1-23-17(24)19(22-18(23)26-2)10-16(11-3-6-13(21)7-4-11)25-15-8-5-12(20)9-14(15)19;18-10-3-6-13-12(7-10)17(15(22)20-16(24)21-17)8-14(23-13)9-1-4-11(19)5-2-9;1-2/h3-9,16H,10H2,1-2H3;1-7,14H,8H2,(H2,20,21,22,24);1H3. The molecule has 1 fully saturated rings. The van der Waals surface area contributed by atoms with Gasteiger partial charge in [-0.15, -0.1) is 0 Å². The molecule has 2 amide bonds. The Bertz CT molecular complexity index is 2080. The van der Waals surface area contributed by atoms with E-state index in [1.807, 2.05) is 96.1 Å². The largest absolute Gasteiger partial charge is 0.485 e. The number of nitrogens with one attached hydrogen (secondary N) is 2. The molecule has 2 spiro atoms. The molecule has 4 aliphatic heterocycles. The molecule has 0 bridgehead atoms. The molecule has 0 aliphatic carbocycles. The van der Waals surface area contributed by atoms with Crippen molar-refractivity contribution in [3.05, 3.63) is 126 Å². The van der Waals surface area contributed by atoms with Crippen LogP contribution in [0.4, 0.5) is 0 Å². The molecule has 8 rings (SSSR count). The third-order valence-corrected chi connectivity index (χ3v) is 11.6. The number of likely N-dealkylation sites (N-methyl/N-ethyl adjacent to an activating group) is 1. The summed E-state index contributed by atoms with van der Waals surface area (Å²) in [6.45, 7) is 0. The minimum atomic E-state index is -0.964. The molecule has 8 nitrogen and oxygen atoms in total. The fraction of sp³-hybridized carbons (Fsp3) is 0.243. The van der Waals surface area contributed by atoms with Crippen molar-refractivity contribution in [2.24, 2.45) is 4.99 Å². The van der Waals surface area contributed by atoms with Gasteiger partial charge in [0.25, 0.3) is 11.8 Å². The van der Waals surface area contributed by atoms with E-state index in [1.54, 1.807) is 11.9 Å². The van der Waals surface area contributed by atoms with Crippen LogP contribution in [0.2, 0.25) is 10.0 Å². The van der Waals surface area contributed by atoms with Gasteiger partial charge in [0.2, 0.25) is 0 Å². The smallest absolute Gasteiger partial charge is 0.261 e. The van der Waals surface area contributed by atoms with Crippen LogP contribution in [0.3, 0.4) is 0 Å². The lowest BCUT2D eigenvalue weighted by Gasteiger charge is -2.38. The number of rotatable bonds is 2. The van der Waals surface area contributed by atoms with Gasteiger partial charge in [-0.1, -0.05) is 114 Å². The summed E-state index contributed by atoms with van der Waals surface area (Å²) in [5.41, 5.74) is 1.62. The number of nitrogens with zero attached hydrogens (tertiary/aromatic N) is 2. The van der Waals surface area contributed by atoms with Crippen LogP contribution in [0.1, 0.15) is 47.3 Å². The number of carbonyl (C=O) groups is 2. The van der Waals surface area contributed by atoms with Crippen LogP contribution < -0.4 is 20.1 Å². The zero-order valence-electron chi connectivity index (χ0n) is 27.9. The highest BCUT2D eigenvalue weighted by Crippen LogP contribution is 2.51. The van der Waals surface area contributed by atoms with Crippen molar-refractivity contribution < 1.29 is 19.1 Å². The van der Waals surface area contributed by atoms with E-state index in [0.717, 1.165) is 36.4 Å². The predicted octanol–water partition coefficient (Wildman–Crippen LogP) is 9.89. The Kier molecular flexibility index (Phi) is 12.2. The van der Waals surface area contributed by atoms with E-state index < -0.39 is 11.1 Å². The molecule has 4 heterocycles. The number of fused-ring (bicyclic) bond motifs is 4. The second-order valence-electron chi connectivity index (χ2n) is 12.1. The molecule has 4 atom stereocenters. The van der Waals surface area contributed by atoms with Gasteiger partial charge in [0.1, 0.15) is 23.7 Å². The molecule has 0 aromatic heterocycles. The number of thioether (sulfide) groups is 1. The van der Waals surface area contributed by atoms with Gasteiger partial charge in [-0.25, -0.2) is 4.99 Å². The predicted molar refractivity (Wildman–Crippen MR) is 228 cm³/mol. The Labute approximate surface area is 352 Å². The number of aliphatic imine (C=N–C) groups is 1. The molecule has 1 saturated heterocycles. The molecule has 4 aromatic carbocycles. The van der Waals surface area contributed by atoms with Gasteiger partial charge in [0, 0.05) is 50.0 Å². The molecule has 2 N–H and O–H groups in total. The first-order chi connectivity index (χ1) is 24.9. The average Bonchev–Trinajstić information content (AvgIpc) is 3.56. The van der Waals surface area contributed by atoms with Crippen molar-refractivity contribution in [3.8, 4) is 11.5 Å². The number of halogens is 5. The number of thiocarbonyl (C=S) groups is 1. The number of alkyl halides is 1. The number of ether oxygens (including phenoxy) is 2. The van der Waals surface area contributed by atoms with Gasteiger partial charge < -0.3 is 20.1 Å². The Morgan fingerprint density at radius 3 is 1.83 bits per heavy atom. The monoisotopic (exact) mass is 1010 g/mol. The van der Waals surface area contributed by atoms with Gasteiger partial charge in [-0.2, -0.15) is 0 Å². The average molecular weight is 1020 g/mol. The van der Waals surface area contributed by atoms with E-state index in [0.29, 0.717) is 39.5 Å². The van der Waals surface area contributed by atoms with E-state index >= 15 is 0 Å². The Morgan fingerprint density at radius 2 is 1.35 bits per heavy atom. The van der Waals surface area contributed by atoms with Crippen LogP contribution in [0.15, 0.2) is 98.9 Å². The zero-order chi connectivity index (χ0) is 37.4. The van der Waals surface area contributed by atoms with Crippen molar-refractivity contribution >= 4 is 124 Å². The summed E-state index contributed by atoms with van der Waals surface area (Å²) >= 11 is 27.8. The van der Waals surface area contributed by atoms with E-state index in [4.69, 9.17) is 49.9 Å². The molecule has 4 unspecified atom stereocenters. The Morgan fingerprint density at radius 1 is 0.846 bits per heavy atom. The summed E-state index contributed by atoms with van der Waals surface area (Å²) in [4.78, 5) is 34.4. The van der Waals surface area contributed by atoms with Gasteiger partial charge in [0.05, 0.1) is 0 Å². The third kappa shape index (κ3) is 7.47. The Hall–Kier alpha value is -2.40. The first-order valence-corrected chi connectivity index (χ1v) is 21.9. The zero-order valence-corrected chi connectivity index (χ0v) is 36.4. The molecule has 4 aliphatic rings. The number of hydrogen-bond donors (Lipinski definition) is 2. The summed E-state index contributed by atoms with van der Waals surface area (Å²) in [5, 5.41) is 8.25. The molecule has 4 aromatic rings. The maximum absolute atomic E-state index is 13.3. The van der Waals surface area contributed by atoms with Crippen molar-refractivity contribution in [1.29, 1.82) is 0 Å². The molecule has 0 saturated carbocycles. The fourth-order valence-corrected chi connectivity index (χ4v) is 8.56. The second-order valence-corrected chi connectivity index (χ2v) is 16.0. The molecular formula is C37H31Br2Cl2IN4O4S2. The van der Waals surface area contributed by atoms with E-state index in [-0.39, 0.29) is 24.0 Å². The number of carbonyl (C=O) groups excluding carboxylic acids is 2. The molecule has 15 heteroatoms. The minimum absolute atomic E-state index is 0.0246. The van der Waals surface area contributed by atoms with E-state index in [1.165, 1.54) is 11.8 Å². The van der Waals surface area contributed by atoms with Crippen LogP contribution >= 0.6 is 102 Å². The fourth-order valence-electron chi connectivity index (χ4n) is 6.72. The number of benzene rings is 4. The topological polar surface area (TPSA) is 92.3 Å². The van der Waals surface area contributed by atoms with Crippen molar-refractivity contribution in [2.45, 2.75) is 36.1 Å². The van der Waals surface area contributed by atoms with Gasteiger partial charge >= 0.3 is 0 Å². The third-order valence-electron chi connectivity index (χ3n) is 9.14. The lowest BCUT2D eigenvalue weighted by atomic mass is 9.80. The number of amidine groups is 1. The first kappa shape index (κ1) is 39.3. The lowest BCUT2D eigenvalue weighted by Crippen LogP contribution is -2.48. The highest BCUT2D eigenvalue weighted by molar-refractivity contribution is 14.1. The lowest BCUT2D eigenvalue weighted by molar-refractivity contribution is -0.132. The maximum Gasteiger partial charge on any atom is 0.261 e. The summed E-state index contributed by atoms with van der Waals surface area (Å²) in [6.07, 6.45) is 2.26. The van der Waals surface area contributed by atoms with Crippen LogP contribution in [0.5, 0.6) is 11.5 Å². The first-order valence-electron chi connectivity index (χ1n) is 15.8. The number of hydrogen-bond acceptors (Lipinski definition) is 7. The van der Waals surface area contributed by atoms with Crippen molar-refractivity contribution in [3.63, 3.8) is 0 Å². The van der Waals surface area contributed by atoms with Crippen LogP contribution in [0.25, 0.3) is 0 Å². The van der Waals surface area contributed by atoms with Crippen LogP contribution in [0, 0.1) is 0 Å². The van der Waals surface area contributed by atoms with Crippen LogP contribution in [-0.2, 0) is 20.7 Å². The van der Waals surface area contributed by atoms with Crippen LogP contribution in [-0.4, -0.2) is 45.2 Å². The normalized spacial score (nSPS) is 23.9. The maximum atomic E-state index is 13.3. The highest BCUT2D eigenvalue weighted by Gasteiger charge is 2.54. The molecular weight excluding hydrogens is 986 g/mol. The number of amides is 2. The van der Waals surface area contributed by atoms with Gasteiger partial charge in [-0.3, -0.25) is 14.5 Å². The summed E-state index contributed by atoms with van der Waals surface area (Å²) in [5.74, 6) is 1.17. The summed E-state index contributed by atoms with van der Waals surface area (Å²) in [6, 6.07) is 26.4. The molecule has 0 radical (unpaired) electrons. The second kappa shape index (κ2) is 16.1. The van der Waals surface area contributed by atoms with Crippen molar-refractivity contribution in [1.82, 2.24) is 15.5 Å². The summed E-state index contributed by atoms with van der Waals surface area (Å²) in [7, 11) is 1.77. The van der Waals surface area contributed by atoms with Crippen molar-refractivity contribution in [2.75, 3.05) is 18.2 Å². The highest BCUT2D eigenvalue weighted by atomic mass is 127. The molecule has 270 valence electrons. The Balaban J connectivity index is 0.000000171. The van der Waals surface area contributed by atoms with Gasteiger partial charge in [-0.05, 0) is 95.2 Å². The molecule has 52 heavy (non-hydrogen) atoms. The SMILES string of the molecule is CI.CSC1=NC2(CC(c3ccc(Cl)cc3)Oc3ccc(Br)cc32)C(=O)N1C.O=C1NC(=S)NC12CC(c1ccc(Cl)cc1)Oc1ccc(Br)cc12. The van der Waals surface area contributed by atoms with Gasteiger partial charge in [0.15, 0.2) is 21.4 Å².